The van der Waals surface area contributed by atoms with E-state index in [1.807, 2.05) is 0 Å². The van der Waals surface area contributed by atoms with Crippen LogP contribution < -0.4 is 9.92 Å². The van der Waals surface area contributed by atoms with Crippen LogP contribution in [-0.4, -0.2) is 20.2 Å². The van der Waals surface area contributed by atoms with Crippen LogP contribution in [-0.2, 0) is 0 Å². The van der Waals surface area contributed by atoms with Crippen LogP contribution in [0.15, 0.2) is 54.6 Å². The molecule has 0 atom stereocenters. The summed E-state index contributed by atoms with van der Waals surface area (Å²) >= 11 is 0. The molecule has 4 rings (SSSR count). The van der Waals surface area contributed by atoms with Crippen molar-refractivity contribution in [1.29, 1.82) is 0 Å². The van der Waals surface area contributed by atoms with Crippen LogP contribution in [0.1, 0.15) is 22.3 Å². The number of methoxy groups -OCH3 is 1. The number of nitrogens with zero attached hydrogens (tertiary/aromatic N) is 1. The second kappa shape index (κ2) is 8.21. The Morgan fingerprint density at radius 3 is 1.94 bits per heavy atom. The van der Waals surface area contributed by atoms with Gasteiger partial charge in [0.25, 0.3) is 0 Å². The van der Waals surface area contributed by atoms with Gasteiger partial charge >= 0.3 is 0 Å². The van der Waals surface area contributed by atoms with Gasteiger partial charge in [-0.2, -0.15) is 0 Å². The number of aryl methyl sites for hydroxylation is 4. The first-order valence-electron chi connectivity index (χ1n) is 11.3. The molecule has 1 aromatic heterocycles. The number of rotatable bonds is 4. The molecule has 0 saturated carbocycles. The van der Waals surface area contributed by atoms with Gasteiger partial charge in [0.05, 0.1) is 26.4 Å². The summed E-state index contributed by atoms with van der Waals surface area (Å²) < 4.78 is 5.53. The molecular formula is C29H33NOSi. The van der Waals surface area contributed by atoms with Gasteiger partial charge in [0, 0.05) is 10.9 Å². The largest absolute Gasteiger partial charge is 0.497 e. The third kappa shape index (κ3) is 4.22. The standard InChI is InChI=1S/C29H33NOSi/c1-18-11-19(2)13-22(12-18)28-17-26(29-20(3)14-23(31-5)15-21(29)4)25-16-24(32(6,7)8)9-10-27(25)30-28/h9-17H,1-8H3. The summed E-state index contributed by atoms with van der Waals surface area (Å²) in [6.45, 7) is 15.8. The van der Waals surface area contributed by atoms with E-state index in [1.54, 1.807) is 7.11 Å². The van der Waals surface area contributed by atoms with Gasteiger partial charge in [0.2, 0.25) is 0 Å². The fraction of sp³-hybridized carbons (Fsp3) is 0.276. The molecule has 0 aliphatic rings. The lowest BCUT2D eigenvalue weighted by molar-refractivity contribution is 0.414. The summed E-state index contributed by atoms with van der Waals surface area (Å²) in [5.74, 6) is 0.902. The molecule has 164 valence electrons. The Kier molecular flexibility index (Phi) is 5.72. The number of hydrogen-bond donors (Lipinski definition) is 0. The molecule has 1 heterocycles. The van der Waals surface area contributed by atoms with E-state index in [-0.39, 0.29) is 0 Å². The molecule has 0 unspecified atom stereocenters. The van der Waals surface area contributed by atoms with Crippen LogP contribution >= 0.6 is 0 Å². The second-order valence-corrected chi connectivity index (χ2v) is 15.1. The Bertz CT molecular complexity index is 1290. The van der Waals surface area contributed by atoms with Gasteiger partial charge in [-0.1, -0.05) is 54.2 Å². The lowest BCUT2D eigenvalue weighted by Gasteiger charge is -2.20. The Morgan fingerprint density at radius 2 is 1.38 bits per heavy atom. The van der Waals surface area contributed by atoms with Crippen molar-refractivity contribution in [3.8, 4) is 28.1 Å². The molecule has 4 aromatic rings. The molecule has 0 saturated heterocycles. The Hall–Kier alpha value is -2.91. The van der Waals surface area contributed by atoms with Crippen molar-refractivity contribution in [2.24, 2.45) is 0 Å². The highest BCUT2D eigenvalue weighted by atomic mass is 28.3. The van der Waals surface area contributed by atoms with Gasteiger partial charge in [-0.3, -0.25) is 0 Å². The average Bonchev–Trinajstić information content (AvgIpc) is 2.71. The van der Waals surface area contributed by atoms with Crippen LogP contribution in [0.2, 0.25) is 19.6 Å². The van der Waals surface area contributed by atoms with Crippen molar-refractivity contribution in [3.05, 3.63) is 76.9 Å². The quantitative estimate of drug-likeness (QED) is 0.310. The van der Waals surface area contributed by atoms with Crippen LogP contribution in [0.5, 0.6) is 5.75 Å². The third-order valence-corrected chi connectivity index (χ3v) is 8.25. The summed E-state index contributed by atoms with van der Waals surface area (Å²) in [6, 6.07) is 20.1. The second-order valence-electron chi connectivity index (χ2n) is 10.0. The molecule has 3 heteroatoms. The molecule has 0 aliphatic heterocycles. The van der Waals surface area contributed by atoms with E-state index >= 15 is 0 Å². The van der Waals surface area contributed by atoms with Crippen LogP contribution in [0.4, 0.5) is 0 Å². The topological polar surface area (TPSA) is 22.1 Å². The summed E-state index contributed by atoms with van der Waals surface area (Å²) in [6.07, 6.45) is 0. The maximum absolute atomic E-state index is 5.53. The van der Waals surface area contributed by atoms with E-state index in [1.165, 1.54) is 49.5 Å². The van der Waals surface area contributed by atoms with Crippen molar-refractivity contribution in [3.63, 3.8) is 0 Å². The fourth-order valence-corrected chi connectivity index (χ4v) is 5.80. The maximum atomic E-state index is 5.53. The van der Waals surface area contributed by atoms with Crippen molar-refractivity contribution in [2.75, 3.05) is 7.11 Å². The molecule has 32 heavy (non-hydrogen) atoms. The van der Waals surface area contributed by atoms with Crippen molar-refractivity contribution >= 4 is 24.2 Å². The summed E-state index contributed by atoms with van der Waals surface area (Å²) in [5, 5.41) is 2.69. The van der Waals surface area contributed by atoms with E-state index < -0.39 is 8.07 Å². The zero-order chi connectivity index (χ0) is 23.2. The normalized spacial score (nSPS) is 11.8. The monoisotopic (exact) mass is 439 g/mol. The van der Waals surface area contributed by atoms with Crippen molar-refractivity contribution in [2.45, 2.75) is 47.3 Å². The average molecular weight is 440 g/mol. The van der Waals surface area contributed by atoms with Crippen LogP contribution in [0, 0.1) is 27.7 Å². The van der Waals surface area contributed by atoms with E-state index in [9.17, 15) is 0 Å². The first-order chi connectivity index (χ1) is 15.1. The van der Waals surface area contributed by atoms with Crippen molar-refractivity contribution in [1.82, 2.24) is 4.98 Å². The van der Waals surface area contributed by atoms with Gasteiger partial charge in [0.15, 0.2) is 0 Å². The molecule has 0 bridgehead atoms. The smallest absolute Gasteiger partial charge is 0.119 e. The first kappa shape index (κ1) is 22.3. The first-order valence-corrected chi connectivity index (χ1v) is 14.8. The van der Waals surface area contributed by atoms with Crippen LogP contribution in [0.3, 0.4) is 0 Å². The third-order valence-electron chi connectivity index (χ3n) is 6.20. The Labute approximate surface area is 193 Å². The molecule has 2 nitrogen and oxygen atoms in total. The van der Waals surface area contributed by atoms with E-state index in [2.05, 4.69) is 102 Å². The fourth-order valence-electron chi connectivity index (χ4n) is 4.64. The van der Waals surface area contributed by atoms with E-state index in [4.69, 9.17) is 9.72 Å². The number of aromatic nitrogens is 1. The Balaban J connectivity index is 2.08. The molecule has 0 aliphatic carbocycles. The number of ether oxygens (including phenoxy) is 1. The highest BCUT2D eigenvalue weighted by molar-refractivity contribution is 6.88. The number of fused-ring (bicyclic) bond motifs is 1. The van der Waals surface area contributed by atoms with Gasteiger partial charge in [-0.15, -0.1) is 0 Å². The zero-order valence-electron chi connectivity index (χ0n) is 20.6. The molecule has 3 aromatic carbocycles. The minimum absolute atomic E-state index is 0.902. The minimum atomic E-state index is -1.46. The molecule has 0 N–H and O–H groups in total. The van der Waals surface area contributed by atoms with Gasteiger partial charge in [0.1, 0.15) is 5.75 Å². The Morgan fingerprint density at radius 1 is 0.750 bits per heavy atom. The minimum Gasteiger partial charge on any atom is -0.497 e. The van der Waals surface area contributed by atoms with E-state index in [0.29, 0.717) is 0 Å². The van der Waals surface area contributed by atoms with Crippen molar-refractivity contribution < 1.29 is 4.74 Å². The van der Waals surface area contributed by atoms with Crippen LogP contribution in [0.25, 0.3) is 33.3 Å². The zero-order valence-corrected chi connectivity index (χ0v) is 21.6. The summed E-state index contributed by atoms with van der Waals surface area (Å²) in [7, 11) is 0.274. The van der Waals surface area contributed by atoms with Gasteiger partial charge < -0.3 is 4.74 Å². The molecular weight excluding hydrogens is 406 g/mol. The number of benzene rings is 3. The highest BCUT2D eigenvalue weighted by Gasteiger charge is 2.20. The summed E-state index contributed by atoms with van der Waals surface area (Å²) in [5.41, 5.74) is 10.7. The van der Waals surface area contributed by atoms with Gasteiger partial charge in [-0.25, -0.2) is 4.98 Å². The predicted molar refractivity (Wildman–Crippen MR) is 141 cm³/mol. The van der Waals surface area contributed by atoms with E-state index in [0.717, 1.165) is 17.0 Å². The van der Waals surface area contributed by atoms with Gasteiger partial charge in [-0.05, 0) is 86.3 Å². The summed E-state index contributed by atoms with van der Waals surface area (Å²) in [4.78, 5) is 5.12. The predicted octanol–water partition coefficient (Wildman–Crippen LogP) is 7.36. The molecule has 0 amide bonds. The lowest BCUT2D eigenvalue weighted by Crippen LogP contribution is -2.37. The maximum Gasteiger partial charge on any atom is 0.119 e. The molecule has 0 radical (unpaired) electrons. The molecule has 0 fully saturated rings. The molecule has 0 spiro atoms. The number of pyridine rings is 1. The number of hydrogen-bond acceptors (Lipinski definition) is 2. The SMILES string of the molecule is COc1cc(C)c(-c2cc(-c3cc(C)cc(C)c3)nc3ccc([Si](C)(C)C)cc23)c(C)c1. The lowest BCUT2D eigenvalue weighted by atomic mass is 9.91. The highest BCUT2D eigenvalue weighted by Crippen LogP contribution is 2.37.